The van der Waals surface area contributed by atoms with Crippen molar-refractivity contribution in [3.63, 3.8) is 0 Å². The molecule has 9 nitrogen and oxygen atoms in total. The van der Waals surface area contributed by atoms with Crippen molar-refractivity contribution in [1.82, 2.24) is 0 Å². The Labute approximate surface area is 320 Å². The van der Waals surface area contributed by atoms with E-state index >= 15 is 0 Å². The summed E-state index contributed by atoms with van der Waals surface area (Å²) < 4.78 is 33.8. The van der Waals surface area contributed by atoms with Crippen LogP contribution in [0.4, 0.5) is 0 Å². The first-order valence-electron chi connectivity index (χ1n) is 21.4. The molecular formula is C42H82NO8P. The summed E-state index contributed by atoms with van der Waals surface area (Å²) in [5, 5.41) is 0. The van der Waals surface area contributed by atoms with Gasteiger partial charge in [-0.1, -0.05) is 154 Å². The van der Waals surface area contributed by atoms with Crippen LogP contribution in [0.1, 0.15) is 194 Å². The largest absolute Gasteiger partial charge is 0.756 e. The lowest BCUT2D eigenvalue weighted by molar-refractivity contribution is -0.870. The number of allylic oxidation sites excluding steroid dienone is 2. The molecule has 308 valence electrons. The molecule has 0 aromatic rings. The van der Waals surface area contributed by atoms with Gasteiger partial charge in [0, 0.05) is 12.8 Å². The zero-order chi connectivity index (χ0) is 38.6. The molecule has 0 rings (SSSR count). The Morgan fingerprint density at radius 3 is 1.42 bits per heavy atom. The van der Waals surface area contributed by atoms with Crippen LogP contribution in [-0.2, 0) is 32.7 Å². The number of carbonyl (C=O) groups is 2. The number of phosphoric acid groups is 1. The molecule has 2 atom stereocenters. The lowest BCUT2D eigenvalue weighted by atomic mass is 10.0. The van der Waals surface area contributed by atoms with Gasteiger partial charge in [-0.05, 0) is 38.5 Å². The monoisotopic (exact) mass is 760 g/mol. The zero-order valence-electron chi connectivity index (χ0n) is 34.5. The number of unbranched alkanes of at least 4 members (excludes halogenated alkanes) is 23. The fourth-order valence-corrected chi connectivity index (χ4v) is 6.61. The summed E-state index contributed by atoms with van der Waals surface area (Å²) in [6.07, 6.45) is 35.1. The molecule has 0 spiro atoms. The van der Waals surface area contributed by atoms with Crippen molar-refractivity contribution in [2.75, 3.05) is 47.5 Å². The number of hydrogen-bond acceptors (Lipinski definition) is 8. The van der Waals surface area contributed by atoms with E-state index in [0.29, 0.717) is 17.4 Å². The molecule has 0 aromatic carbocycles. The predicted octanol–water partition coefficient (Wildman–Crippen LogP) is 11.2. The molecule has 2 unspecified atom stereocenters. The van der Waals surface area contributed by atoms with Gasteiger partial charge in [-0.2, -0.15) is 0 Å². The molecule has 0 aliphatic carbocycles. The Bertz CT molecular complexity index is 907. The first kappa shape index (κ1) is 50.8. The molecular weight excluding hydrogens is 677 g/mol. The van der Waals surface area contributed by atoms with Crippen LogP contribution in [0.2, 0.25) is 0 Å². The summed E-state index contributed by atoms with van der Waals surface area (Å²) >= 11 is 0. The number of hydrogen-bond donors (Lipinski definition) is 0. The minimum Gasteiger partial charge on any atom is -0.756 e. The fourth-order valence-electron chi connectivity index (χ4n) is 5.88. The highest BCUT2D eigenvalue weighted by atomic mass is 31.2. The van der Waals surface area contributed by atoms with Crippen molar-refractivity contribution in [2.24, 2.45) is 0 Å². The number of quaternary nitrogens is 1. The summed E-state index contributed by atoms with van der Waals surface area (Å²) in [4.78, 5) is 37.4. The van der Waals surface area contributed by atoms with Crippen LogP contribution in [0.25, 0.3) is 0 Å². The van der Waals surface area contributed by atoms with E-state index in [1.807, 2.05) is 21.1 Å². The molecule has 10 heteroatoms. The molecule has 0 saturated carbocycles. The maximum Gasteiger partial charge on any atom is 0.306 e. The third-order valence-corrected chi connectivity index (χ3v) is 10.2. The van der Waals surface area contributed by atoms with E-state index in [4.69, 9.17) is 18.5 Å². The smallest absolute Gasteiger partial charge is 0.306 e. The minimum atomic E-state index is -4.62. The topological polar surface area (TPSA) is 111 Å². The third kappa shape index (κ3) is 38.5. The zero-order valence-corrected chi connectivity index (χ0v) is 35.4. The van der Waals surface area contributed by atoms with Gasteiger partial charge in [0.15, 0.2) is 6.10 Å². The molecule has 0 amide bonds. The van der Waals surface area contributed by atoms with Crippen molar-refractivity contribution in [1.29, 1.82) is 0 Å². The Morgan fingerprint density at radius 2 is 0.981 bits per heavy atom. The van der Waals surface area contributed by atoms with Gasteiger partial charge in [0.1, 0.15) is 19.8 Å². The molecule has 0 bridgehead atoms. The van der Waals surface area contributed by atoms with E-state index in [9.17, 15) is 19.0 Å². The number of phosphoric ester groups is 1. The lowest BCUT2D eigenvalue weighted by Crippen LogP contribution is -2.37. The maximum atomic E-state index is 12.6. The second kappa shape index (κ2) is 35.5. The summed E-state index contributed by atoms with van der Waals surface area (Å²) in [5.74, 6) is -0.837. The number of carbonyl (C=O) groups excluding carboxylic acids is 2. The van der Waals surface area contributed by atoms with E-state index in [-0.39, 0.29) is 32.0 Å². The Balaban J connectivity index is 4.37. The van der Waals surface area contributed by atoms with Gasteiger partial charge in [0.25, 0.3) is 7.82 Å². The molecule has 0 radical (unpaired) electrons. The Kier molecular flexibility index (Phi) is 34.6. The van der Waals surface area contributed by atoms with Gasteiger partial charge in [-0.25, -0.2) is 0 Å². The minimum absolute atomic E-state index is 0.0294. The average Bonchev–Trinajstić information content (AvgIpc) is 3.09. The van der Waals surface area contributed by atoms with Gasteiger partial charge in [0.2, 0.25) is 0 Å². The number of esters is 2. The second-order valence-electron chi connectivity index (χ2n) is 15.7. The first-order valence-corrected chi connectivity index (χ1v) is 22.9. The summed E-state index contributed by atoms with van der Waals surface area (Å²) in [5.41, 5.74) is 0. The third-order valence-electron chi connectivity index (χ3n) is 9.29. The number of nitrogens with zero attached hydrogens (tertiary/aromatic N) is 1. The first-order chi connectivity index (χ1) is 25.0. The summed E-state index contributed by atoms with van der Waals surface area (Å²) in [7, 11) is 1.17. The van der Waals surface area contributed by atoms with E-state index in [0.717, 1.165) is 51.4 Å². The Morgan fingerprint density at radius 1 is 0.577 bits per heavy atom. The highest BCUT2D eigenvalue weighted by Crippen LogP contribution is 2.38. The van der Waals surface area contributed by atoms with Crippen LogP contribution in [-0.4, -0.2) is 70.0 Å². The van der Waals surface area contributed by atoms with E-state index in [1.54, 1.807) is 0 Å². The molecule has 0 saturated heterocycles. The molecule has 0 aliphatic rings. The van der Waals surface area contributed by atoms with Gasteiger partial charge < -0.3 is 27.9 Å². The standard InChI is InChI=1S/C42H82NO8P/c1-6-8-10-12-14-16-18-20-22-24-26-28-30-32-34-41(44)48-38-40(39-50-52(46,47)49-37-36-43(3,4)5)51-42(45)35-33-31-29-27-25-23-21-19-17-15-13-11-9-7-2/h19,21,40H,6-18,20,22-39H2,1-5H3/b21-19-. The van der Waals surface area contributed by atoms with E-state index in [2.05, 4.69) is 26.0 Å². The van der Waals surface area contributed by atoms with Crippen LogP contribution in [0.15, 0.2) is 12.2 Å². The highest BCUT2D eigenvalue weighted by Gasteiger charge is 2.21. The summed E-state index contributed by atoms with van der Waals surface area (Å²) in [6, 6.07) is 0. The van der Waals surface area contributed by atoms with Gasteiger partial charge in [-0.3, -0.25) is 14.2 Å². The predicted molar refractivity (Wildman–Crippen MR) is 213 cm³/mol. The van der Waals surface area contributed by atoms with Crippen molar-refractivity contribution in [3.8, 4) is 0 Å². The number of ether oxygens (including phenoxy) is 2. The molecule has 0 heterocycles. The van der Waals surface area contributed by atoms with E-state index in [1.165, 1.54) is 109 Å². The van der Waals surface area contributed by atoms with Crippen LogP contribution < -0.4 is 4.89 Å². The fraction of sp³-hybridized carbons (Fsp3) is 0.905. The number of rotatable bonds is 39. The highest BCUT2D eigenvalue weighted by molar-refractivity contribution is 7.45. The van der Waals surface area contributed by atoms with Crippen LogP contribution in [0.3, 0.4) is 0 Å². The summed E-state index contributed by atoms with van der Waals surface area (Å²) in [6.45, 7) is 4.22. The quantitative estimate of drug-likeness (QED) is 0.0200. The molecule has 0 aliphatic heterocycles. The average molecular weight is 760 g/mol. The van der Waals surface area contributed by atoms with Crippen LogP contribution in [0, 0.1) is 0 Å². The van der Waals surface area contributed by atoms with Crippen molar-refractivity contribution in [2.45, 2.75) is 200 Å². The van der Waals surface area contributed by atoms with E-state index < -0.39 is 26.5 Å². The maximum absolute atomic E-state index is 12.6. The van der Waals surface area contributed by atoms with Crippen molar-refractivity contribution in [3.05, 3.63) is 12.2 Å². The van der Waals surface area contributed by atoms with Crippen LogP contribution >= 0.6 is 7.82 Å². The number of likely N-dealkylation sites (N-methyl/N-ethyl adjacent to an activating group) is 1. The van der Waals surface area contributed by atoms with Gasteiger partial charge in [0.05, 0.1) is 27.7 Å². The molecule has 0 fully saturated rings. The van der Waals surface area contributed by atoms with Gasteiger partial charge in [-0.15, -0.1) is 0 Å². The lowest BCUT2D eigenvalue weighted by Gasteiger charge is -2.28. The van der Waals surface area contributed by atoms with Crippen molar-refractivity contribution >= 4 is 19.8 Å². The van der Waals surface area contributed by atoms with Crippen molar-refractivity contribution < 1.29 is 42.1 Å². The SMILES string of the molecule is CCCCCCC/C=C\CCCCCCCC(=O)OC(COC(=O)CCCCCCCCCCCCCCCC)COP(=O)([O-])OCC[N+](C)(C)C. The molecule has 52 heavy (non-hydrogen) atoms. The molecule has 0 aromatic heterocycles. The van der Waals surface area contributed by atoms with Gasteiger partial charge >= 0.3 is 11.9 Å². The molecule has 0 N–H and O–H groups in total. The Hall–Kier alpha value is -1.25. The normalized spacial score (nSPS) is 13.7. The second-order valence-corrected chi connectivity index (χ2v) is 17.1. The van der Waals surface area contributed by atoms with Crippen LogP contribution in [0.5, 0.6) is 0 Å².